The summed E-state index contributed by atoms with van der Waals surface area (Å²) in [5.74, 6) is -5.77. The van der Waals surface area contributed by atoms with E-state index in [4.69, 9.17) is 4.42 Å². The van der Waals surface area contributed by atoms with Gasteiger partial charge in [-0.3, -0.25) is 0 Å². The van der Waals surface area contributed by atoms with Gasteiger partial charge in [0.2, 0.25) is 5.36 Å². The van der Waals surface area contributed by atoms with Gasteiger partial charge in [-0.2, -0.15) is 0 Å². The molecule has 0 saturated carbocycles. The molecule has 4 aliphatic rings. The zero-order valence-corrected chi connectivity index (χ0v) is 20.4. The van der Waals surface area contributed by atoms with Gasteiger partial charge in [-0.1, -0.05) is 13.3 Å². The maximum atomic E-state index is 16.1. The number of hydrogen-bond donors (Lipinski definition) is 0. The number of anilines is 1. The van der Waals surface area contributed by atoms with Crippen LogP contribution in [-0.2, 0) is 6.42 Å². The molecule has 2 fully saturated rings. The maximum Gasteiger partial charge on any atom is 0.203 e. The summed E-state index contributed by atoms with van der Waals surface area (Å²) in [6.45, 7) is 5.32. The van der Waals surface area contributed by atoms with Crippen molar-refractivity contribution < 1.29 is 27.5 Å². The first-order valence-electron chi connectivity index (χ1n) is 12.6. The molecule has 2 saturated heterocycles. The van der Waals surface area contributed by atoms with Crippen LogP contribution in [0.1, 0.15) is 42.1 Å². The number of fused-ring (bicyclic) bond motifs is 2. The van der Waals surface area contributed by atoms with E-state index in [-0.39, 0.29) is 12.0 Å². The van der Waals surface area contributed by atoms with E-state index in [1.165, 1.54) is 0 Å². The molecule has 5 nitrogen and oxygen atoms in total. The Labute approximate surface area is 211 Å². The number of rotatable bonds is 5. The molecule has 1 aliphatic carbocycles. The first-order valence-corrected chi connectivity index (χ1v) is 12.6. The fourth-order valence-corrected chi connectivity index (χ4v) is 5.28. The average molecular weight is 507 g/mol. The van der Waals surface area contributed by atoms with Crippen LogP contribution in [0.5, 0.6) is 0 Å². The van der Waals surface area contributed by atoms with Crippen LogP contribution in [0, 0.1) is 17.5 Å². The molecule has 37 heavy (non-hydrogen) atoms. The lowest BCUT2D eigenvalue weighted by atomic mass is 9.87. The summed E-state index contributed by atoms with van der Waals surface area (Å²) in [5, 5.41) is 13.4. The van der Waals surface area contributed by atoms with Crippen molar-refractivity contribution in [3.05, 3.63) is 70.3 Å². The van der Waals surface area contributed by atoms with Crippen molar-refractivity contribution >= 4 is 22.6 Å². The Morgan fingerprint density at radius 2 is 1.78 bits per heavy atom. The van der Waals surface area contributed by atoms with Gasteiger partial charge < -0.3 is 19.2 Å². The third-order valence-electron chi connectivity index (χ3n) is 7.50. The normalized spacial score (nSPS) is 15.2. The molecule has 0 atom stereocenters. The Morgan fingerprint density at radius 3 is 2.41 bits per heavy atom. The highest BCUT2D eigenvalue weighted by Crippen LogP contribution is 2.45. The topological polar surface area (TPSA) is 59.5 Å². The van der Waals surface area contributed by atoms with Gasteiger partial charge in [0.25, 0.3) is 0 Å². The fourth-order valence-electron chi connectivity index (χ4n) is 5.28. The van der Waals surface area contributed by atoms with E-state index in [1.807, 2.05) is 24.3 Å². The van der Waals surface area contributed by atoms with Gasteiger partial charge in [-0.05, 0) is 31.0 Å². The van der Waals surface area contributed by atoms with Crippen LogP contribution in [0.4, 0.5) is 18.9 Å². The van der Waals surface area contributed by atoms with Gasteiger partial charge in [-0.15, -0.1) is 0 Å². The SMILES string of the molecule is CCCc1c(F)c(F)c(C(=O)[O-])c(-c2c3ccc(=[N+]4CCC4)cc-3oc3cc(N4CCC4)ccc23)c1F. The first kappa shape index (κ1) is 23.6. The molecule has 2 aromatic rings. The Morgan fingerprint density at radius 1 is 1.00 bits per heavy atom. The summed E-state index contributed by atoms with van der Waals surface area (Å²) in [6.07, 6.45) is 2.42. The second kappa shape index (κ2) is 8.94. The van der Waals surface area contributed by atoms with Crippen molar-refractivity contribution in [1.82, 2.24) is 4.58 Å². The summed E-state index contributed by atoms with van der Waals surface area (Å²) in [7, 11) is 0. The highest BCUT2D eigenvalue weighted by atomic mass is 19.2. The number of benzene rings is 3. The van der Waals surface area contributed by atoms with E-state index in [9.17, 15) is 14.3 Å². The lowest BCUT2D eigenvalue weighted by Gasteiger charge is -2.33. The standard InChI is InChI=1S/C29H25F3N2O3/c1-2-5-20-26(30)24(25(29(35)36)28(32)27(20)31)23-18-8-6-16(33-10-3-11-33)14-21(18)37-22-15-17(7-9-19(22)23)34-12-4-13-34/h6-9,14-15H,2-5,10-13H2,1H3. The van der Waals surface area contributed by atoms with Crippen LogP contribution >= 0.6 is 0 Å². The Balaban J connectivity index is 1.75. The summed E-state index contributed by atoms with van der Waals surface area (Å²) in [5.41, 5.74) is -0.236. The lowest BCUT2D eigenvalue weighted by molar-refractivity contribution is -0.255. The molecule has 0 unspecified atom stereocenters. The predicted octanol–water partition coefficient (Wildman–Crippen LogP) is 4.32. The molecule has 0 spiro atoms. The number of carboxylic acids is 1. The molecule has 0 radical (unpaired) electrons. The molecular weight excluding hydrogens is 481 g/mol. The Kier molecular flexibility index (Phi) is 5.70. The second-order valence-corrected chi connectivity index (χ2v) is 9.73. The summed E-state index contributed by atoms with van der Waals surface area (Å²) in [6, 6.07) is 10.8. The van der Waals surface area contributed by atoms with Crippen molar-refractivity contribution in [3.8, 4) is 22.5 Å². The predicted molar refractivity (Wildman–Crippen MR) is 133 cm³/mol. The smallest absolute Gasteiger partial charge is 0.203 e. The van der Waals surface area contributed by atoms with E-state index >= 15 is 8.78 Å². The van der Waals surface area contributed by atoms with Crippen molar-refractivity contribution in [1.29, 1.82) is 0 Å². The molecule has 0 bridgehead atoms. The highest BCUT2D eigenvalue weighted by Gasteiger charge is 2.31. The van der Waals surface area contributed by atoms with Crippen LogP contribution in [0.15, 0.2) is 40.8 Å². The van der Waals surface area contributed by atoms with Gasteiger partial charge in [0.1, 0.15) is 30.3 Å². The monoisotopic (exact) mass is 506 g/mol. The molecule has 6 rings (SSSR count). The number of carbonyl (C=O) groups excluding carboxylic acids is 1. The molecule has 2 aromatic carbocycles. The number of halogens is 3. The zero-order valence-electron chi connectivity index (χ0n) is 20.4. The summed E-state index contributed by atoms with van der Waals surface area (Å²) >= 11 is 0. The van der Waals surface area contributed by atoms with Crippen molar-refractivity contribution in [2.24, 2.45) is 0 Å². The van der Waals surface area contributed by atoms with Crippen LogP contribution in [0.25, 0.3) is 33.4 Å². The van der Waals surface area contributed by atoms with E-state index in [2.05, 4.69) is 9.48 Å². The summed E-state index contributed by atoms with van der Waals surface area (Å²) in [4.78, 5) is 14.3. The average Bonchev–Trinajstić information content (AvgIpc) is 2.80. The van der Waals surface area contributed by atoms with E-state index in [0.29, 0.717) is 28.7 Å². The second-order valence-electron chi connectivity index (χ2n) is 9.73. The Hall–Kier alpha value is -3.81. The minimum absolute atomic E-state index is 0.0831. The largest absolute Gasteiger partial charge is 0.545 e. The molecule has 3 heterocycles. The quantitative estimate of drug-likeness (QED) is 0.230. The van der Waals surface area contributed by atoms with Gasteiger partial charge in [0, 0.05) is 64.1 Å². The molecule has 3 aliphatic heterocycles. The minimum atomic E-state index is -1.98. The number of hydrogen-bond acceptors (Lipinski definition) is 4. The fraction of sp³-hybridized carbons (Fsp3) is 0.310. The number of carboxylic acid groups (broad SMARTS) is 1. The van der Waals surface area contributed by atoms with Crippen LogP contribution < -0.4 is 19.9 Å². The van der Waals surface area contributed by atoms with Gasteiger partial charge in [0.15, 0.2) is 11.6 Å². The molecule has 0 N–H and O–H groups in total. The van der Waals surface area contributed by atoms with E-state index in [1.54, 1.807) is 19.1 Å². The van der Waals surface area contributed by atoms with Gasteiger partial charge in [-0.25, -0.2) is 17.7 Å². The number of nitrogens with zero attached hydrogens (tertiary/aromatic N) is 2. The third-order valence-corrected chi connectivity index (χ3v) is 7.50. The third kappa shape index (κ3) is 3.69. The van der Waals surface area contributed by atoms with Gasteiger partial charge in [0.05, 0.1) is 18.5 Å². The van der Waals surface area contributed by atoms with Crippen LogP contribution in [0.2, 0.25) is 0 Å². The molecule has 190 valence electrons. The minimum Gasteiger partial charge on any atom is -0.545 e. The lowest BCUT2D eigenvalue weighted by Crippen LogP contribution is -2.40. The van der Waals surface area contributed by atoms with Crippen molar-refractivity contribution in [2.75, 3.05) is 31.1 Å². The van der Waals surface area contributed by atoms with Crippen LogP contribution in [-0.4, -0.2) is 32.1 Å². The molecule has 0 amide bonds. The molecular formula is C29H25F3N2O3. The summed E-state index contributed by atoms with van der Waals surface area (Å²) < 4.78 is 54.6. The van der Waals surface area contributed by atoms with E-state index in [0.717, 1.165) is 50.1 Å². The van der Waals surface area contributed by atoms with Crippen LogP contribution in [0.3, 0.4) is 0 Å². The first-order chi connectivity index (χ1) is 17.9. The molecule has 0 aromatic heterocycles. The molecule has 8 heteroatoms. The van der Waals surface area contributed by atoms with Crippen molar-refractivity contribution in [3.63, 3.8) is 0 Å². The van der Waals surface area contributed by atoms with Crippen molar-refractivity contribution in [2.45, 2.75) is 32.6 Å². The number of carbonyl (C=O) groups is 1. The van der Waals surface area contributed by atoms with Gasteiger partial charge >= 0.3 is 0 Å². The Bertz CT molecular complexity index is 1620. The number of aromatic carboxylic acids is 1. The zero-order chi connectivity index (χ0) is 25.8. The maximum absolute atomic E-state index is 16.1. The van der Waals surface area contributed by atoms with E-state index < -0.39 is 40.1 Å². The highest BCUT2D eigenvalue weighted by molar-refractivity contribution is 6.08.